The molecule has 21 heavy (non-hydrogen) atoms. The molecule has 1 N–H and O–H groups in total. The van der Waals surface area contributed by atoms with Crippen molar-refractivity contribution in [1.29, 1.82) is 0 Å². The van der Waals surface area contributed by atoms with E-state index < -0.39 is 0 Å². The van der Waals surface area contributed by atoms with Gasteiger partial charge in [0.05, 0.1) is 0 Å². The van der Waals surface area contributed by atoms with E-state index in [0.29, 0.717) is 0 Å². The van der Waals surface area contributed by atoms with Crippen molar-refractivity contribution in [2.75, 3.05) is 11.1 Å². The van der Waals surface area contributed by atoms with Crippen molar-refractivity contribution < 1.29 is 0 Å². The molecule has 2 heteroatoms. The van der Waals surface area contributed by atoms with Gasteiger partial charge in [-0.2, -0.15) is 0 Å². The van der Waals surface area contributed by atoms with Gasteiger partial charge in [0.15, 0.2) is 0 Å². The van der Waals surface area contributed by atoms with Crippen LogP contribution in [0.4, 0.5) is 5.69 Å². The van der Waals surface area contributed by atoms with Crippen molar-refractivity contribution in [2.45, 2.75) is 44.6 Å². The zero-order valence-corrected chi connectivity index (χ0v) is 14.3. The Bertz CT molecular complexity index is 567. The Labute approximate surface area is 133 Å². The normalized spacial score (nSPS) is 11.4. The Balaban J connectivity index is 2.03. The summed E-state index contributed by atoms with van der Waals surface area (Å²) in [5.74, 6) is 1.10. The number of thioether (sulfide) groups is 1. The van der Waals surface area contributed by atoms with Gasteiger partial charge in [-0.15, -0.1) is 11.8 Å². The summed E-state index contributed by atoms with van der Waals surface area (Å²) in [6.45, 7) is 9.80. The first-order valence-electron chi connectivity index (χ1n) is 7.56. The number of hydrogen-bond acceptors (Lipinski definition) is 2. The van der Waals surface area contributed by atoms with E-state index in [1.54, 1.807) is 0 Å². The summed E-state index contributed by atoms with van der Waals surface area (Å²) in [6, 6.07) is 17.5. The van der Waals surface area contributed by atoms with Crippen LogP contribution in [-0.4, -0.2) is 5.75 Å². The molecule has 0 aliphatic rings. The maximum Gasteiger partial charge on any atom is 0.0481 e. The van der Waals surface area contributed by atoms with Gasteiger partial charge >= 0.3 is 0 Å². The van der Waals surface area contributed by atoms with E-state index >= 15 is 0 Å². The van der Waals surface area contributed by atoms with Crippen LogP contribution in [0.1, 0.15) is 38.8 Å². The molecule has 0 fully saturated rings. The average Bonchev–Trinajstić information content (AvgIpc) is 2.46. The second-order valence-electron chi connectivity index (χ2n) is 6.23. The first-order chi connectivity index (χ1) is 10.0. The summed E-state index contributed by atoms with van der Waals surface area (Å²) >= 11 is 1.88. The van der Waals surface area contributed by atoms with Crippen molar-refractivity contribution in [2.24, 2.45) is 0 Å². The molecule has 0 saturated heterocycles. The lowest BCUT2D eigenvalue weighted by Gasteiger charge is -2.19. The molecule has 112 valence electrons. The Morgan fingerprint density at radius 2 is 1.62 bits per heavy atom. The summed E-state index contributed by atoms with van der Waals surface area (Å²) in [4.78, 5) is 1.33. The molecule has 2 aromatic rings. The van der Waals surface area contributed by atoms with Crippen LogP contribution in [0.25, 0.3) is 0 Å². The number of rotatable bonds is 5. The summed E-state index contributed by atoms with van der Waals surface area (Å²) in [5, 5.41) is 3.55. The van der Waals surface area contributed by atoms with Crippen LogP contribution >= 0.6 is 11.8 Å². The van der Waals surface area contributed by atoms with E-state index in [-0.39, 0.29) is 5.41 Å². The van der Waals surface area contributed by atoms with Gasteiger partial charge in [-0.1, -0.05) is 64.1 Å². The van der Waals surface area contributed by atoms with Crippen LogP contribution in [-0.2, 0) is 12.0 Å². The van der Waals surface area contributed by atoms with Crippen LogP contribution in [0.15, 0.2) is 53.4 Å². The SMILES string of the molecule is CCSc1ccccc1NCc1ccc(C(C)(C)C)cc1. The predicted molar refractivity (Wildman–Crippen MR) is 95.3 cm³/mol. The molecule has 2 rings (SSSR count). The number of benzene rings is 2. The van der Waals surface area contributed by atoms with Gasteiger partial charge in [-0.3, -0.25) is 0 Å². The summed E-state index contributed by atoms with van der Waals surface area (Å²) < 4.78 is 0. The van der Waals surface area contributed by atoms with E-state index in [1.807, 2.05) is 11.8 Å². The zero-order valence-electron chi connectivity index (χ0n) is 13.4. The van der Waals surface area contributed by atoms with Crippen LogP contribution in [0.5, 0.6) is 0 Å². The molecule has 0 aromatic heterocycles. The maximum absolute atomic E-state index is 3.55. The molecule has 0 atom stereocenters. The third-order valence-electron chi connectivity index (χ3n) is 3.49. The molecule has 2 aromatic carbocycles. The highest BCUT2D eigenvalue weighted by Crippen LogP contribution is 2.27. The van der Waals surface area contributed by atoms with Gasteiger partial charge < -0.3 is 5.32 Å². The Kier molecular flexibility index (Phi) is 5.35. The van der Waals surface area contributed by atoms with Crippen LogP contribution in [0, 0.1) is 0 Å². The van der Waals surface area contributed by atoms with E-state index in [2.05, 4.69) is 81.5 Å². The molecular weight excluding hydrogens is 274 g/mol. The molecule has 0 aliphatic heterocycles. The standard InChI is InChI=1S/C19H25NS/c1-5-21-18-9-7-6-8-17(18)20-14-15-10-12-16(13-11-15)19(2,3)4/h6-13,20H,5,14H2,1-4H3. The van der Waals surface area contributed by atoms with Gasteiger partial charge in [0, 0.05) is 17.1 Å². The molecule has 0 unspecified atom stereocenters. The Morgan fingerprint density at radius 1 is 0.952 bits per heavy atom. The summed E-state index contributed by atoms with van der Waals surface area (Å²) in [7, 11) is 0. The smallest absolute Gasteiger partial charge is 0.0481 e. The molecule has 0 radical (unpaired) electrons. The van der Waals surface area contributed by atoms with Crippen molar-refractivity contribution in [1.82, 2.24) is 0 Å². The lowest BCUT2D eigenvalue weighted by Crippen LogP contribution is -2.11. The average molecular weight is 299 g/mol. The van der Waals surface area contributed by atoms with Crippen molar-refractivity contribution >= 4 is 17.4 Å². The number of nitrogens with one attached hydrogen (secondary N) is 1. The van der Waals surface area contributed by atoms with Crippen LogP contribution < -0.4 is 5.32 Å². The fourth-order valence-corrected chi connectivity index (χ4v) is 3.00. The lowest BCUT2D eigenvalue weighted by molar-refractivity contribution is 0.590. The fourth-order valence-electron chi connectivity index (χ4n) is 2.21. The minimum atomic E-state index is 0.219. The first-order valence-corrected chi connectivity index (χ1v) is 8.54. The molecule has 0 amide bonds. The lowest BCUT2D eigenvalue weighted by atomic mass is 9.87. The van der Waals surface area contributed by atoms with Crippen molar-refractivity contribution in [3.05, 3.63) is 59.7 Å². The minimum absolute atomic E-state index is 0.219. The van der Waals surface area contributed by atoms with E-state index in [4.69, 9.17) is 0 Å². The third kappa shape index (κ3) is 4.53. The van der Waals surface area contributed by atoms with Gasteiger partial charge in [0.1, 0.15) is 0 Å². The second-order valence-corrected chi connectivity index (χ2v) is 7.54. The Hall–Kier alpha value is -1.41. The van der Waals surface area contributed by atoms with Gasteiger partial charge in [-0.05, 0) is 34.4 Å². The zero-order chi connectivity index (χ0) is 15.3. The topological polar surface area (TPSA) is 12.0 Å². The Morgan fingerprint density at radius 3 is 2.24 bits per heavy atom. The molecule has 1 nitrogen and oxygen atoms in total. The first kappa shape index (κ1) is 16.0. The van der Waals surface area contributed by atoms with E-state index in [0.717, 1.165) is 12.3 Å². The molecule has 0 heterocycles. The molecule has 0 aliphatic carbocycles. The number of para-hydroxylation sites is 1. The van der Waals surface area contributed by atoms with Crippen molar-refractivity contribution in [3.8, 4) is 0 Å². The monoisotopic (exact) mass is 299 g/mol. The minimum Gasteiger partial charge on any atom is -0.380 e. The molecular formula is C19H25NS. The quantitative estimate of drug-likeness (QED) is 0.710. The summed E-state index contributed by atoms with van der Waals surface area (Å²) in [5.41, 5.74) is 4.15. The molecule has 0 bridgehead atoms. The highest BCUT2D eigenvalue weighted by Gasteiger charge is 2.12. The van der Waals surface area contributed by atoms with E-state index in [9.17, 15) is 0 Å². The second kappa shape index (κ2) is 7.04. The van der Waals surface area contributed by atoms with Gasteiger partial charge in [-0.25, -0.2) is 0 Å². The highest BCUT2D eigenvalue weighted by molar-refractivity contribution is 7.99. The fraction of sp³-hybridized carbons (Fsp3) is 0.368. The maximum atomic E-state index is 3.55. The number of hydrogen-bond donors (Lipinski definition) is 1. The highest BCUT2D eigenvalue weighted by atomic mass is 32.2. The molecule has 0 saturated carbocycles. The third-order valence-corrected chi connectivity index (χ3v) is 4.45. The van der Waals surface area contributed by atoms with E-state index in [1.165, 1.54) is 21.7 Å². The molecule has 0 spiro atoms. The van der Waals surface area contributed by atoms with Crippen LogP contribution in [0.3, 0.4) is 0 Å². The largest absolute Gasteiger partial charge is 0.380 e. The van der Waals surface area contributed by atoms with Gasteiger partial charge in [0.2, 0.25) is 0 Å². The number of anilines is 1. The van der Waals surface area contributed by atoms with Crippen LogP contribution in [0.2, 0.25) is 0 Å². The predicted octanol–water partition coefficient (Wildman–Crippen LogP) is 5.71. The summed E-state index contributed by atoms with van der Waals surface area (Å²) in [6.07, 6.45) is 0. The van der Waals surface area contributed by atoms with Crippen molar-refractivity contribution in [3.63, 3.8) is 0 Å². The van der Waals surface area contributed by atoms with Gasteiger partial charge in [0.25, 0.3) is 0 Å².